The lowest BCUT2D eigenvalue weighted by Gasteiger charge is -2.18. The molecular formula is C16H24N2O3. The first-order valence-electron chi connectivity index (χ1n) is 7.36. The molecule has 0 spiro atoms. The summed E-state index contributed by atoms with van der Waals surface area (Å²) >= 11 is 0. The molecule has 0 fully saturated rings. The van der Waals surface area contributed by atoms with Crippen LogP contribution >= 0.6 is 0 Å². The van der Waals surface area contributed by atoms with Crippen molar-refractivity contribution >= 4 is 12.0 Å². The summed E-state index contributed by atoms with van der Waals surface area (Å²) in [5.41, 5.74) is 1.08. The number of amides is 2. The first kappa shape index (κ1) is 17.0. The number of nitrogens with one attached hydrogen (secondary N) is 2. The Kier molecular flexibility index (Phi) is 7.29. The fourth-order valence-corrected chi connectivity index (χ4v) is 2.05. The zero-order chi connectivity index (χ0) is 15.7. The van der Waals surface area contributed by atoms with Crippen molar-refractivity contribution in [3.63, 3.8) is 0 Å². The number of rotatable bonds is 8. The Hall–Kier alpha value is -2.04. The normalized spacial score (nSPS) is 13.2. The standard InChI is InChI=1S/C16H24N2O3/c1-3-14(13-9-5-4-6-10-13)18-16(21)17-11-7-8-12(2)15(19)20/h4-6,9-10,12,14H,3,7-8,11H2,1-2H3,(H,19,20)(H2,17,18,21). The van der Waals surface area contributed by atoms with E-state index in [1.807, 2.05) is 37.3 Å². The maximum absolute atomic E-state index is 11.8. The topological polar surface area (TPSA) is 78.4 Å². The molecule has 0 bridgehead atoms. The zero-order valence-corrected chi connectivity index (χ0v) is 12.6. The highest BCUT2D eigenvalue weighted by atomic mass is 16.4. The molecule has 1 aromatic rings. The molecule has 2 amide bonds. The van der Waals surface area contributed by atoms with Gasteiger partial charge in [-0.25, -0.2) is 4.79 Å². The maximum Gasteiger partial charge on any atom is 0.315 e. The second-order valence-corrected chi connectivity index (χ2v) is 5.15. The van der Waals surface area contributed by atoms with Crippen molar-refractivity contribution < 1.29 is 14.7 Å². The molecule has 0 aromatic heterocycles. The smallest absolute Gasteiger partial charge is 0.315 e. The average Bonchev–Trinajstić information content (AvgIpc) is 2.49. The fraction of sp³-hybridized carbons (Fsp3) is 0.500. The summed E-state index contributed by atoms with van der Waals surface area (Å²) in [4.78, 5) is 22.5. The lowest BCUT2D eigenvalue weighted by molar-refractivity contribution is -0.141. The molecule has 5 heteroatoms. The van der Waals surface area contributed by atoms with Crippen LogP contribution in [0, 0.1) is 5.92 Å². The summed E-state index contributed by atoms with van der Waals surface area (Å²) in [5, 5.41) is 14.5. The van der Waals surface area contributed by atoms with Crippen LogP contribution in [0.3, 0.4) is 0 Å². The summed E-state index contributed by atoms with van der Waals surface area (Å²) in [5.74, 6) is -1.17. The number of urea groups is 1. The molecule has 1 rings (SSSR count). The first-order chi connectivity index (χ1) is 10.0. The fourth-order valence-electron chi connectivity index (χ4n) is 2.05. The van der Waals surface area contributed by atoms with Gasteiger partial charge in [-0.05, 0) is 24.8 Å². The van der Waals surface area contributed by atoms with Crippen molar-refractivity contribution in [2.45, 2.75) is 39.2 Å². The molecule has 0 aliphatic carbocycles. The summed E-state index contributed by atoms with van der Waals surface area (Å²) < 4.78 is 0. The van der Waals surface area contributed by atoms with E-state index in [1.165, 1.54) is 0 Å². The number of benzene rings is 1. The second-order valence-electron chi connectivity index (χ2n) is 5.15. The van der Waals surface area contributed by atoms with Gasteiger partial charge in [0.1, 0.15) is 0 Å². The summed E-state index contributed by atoms with van der Waals surface area (Å²) in [6.45, 7) is 4.17. The van der Waals surface area contributed by atoms with Crippen LogP contribution < -0.4 is 10.6 Å². The van der Waals surface area contributed by atoms with E-state index in [0.717, 1.165) is 12.0 Å². The Morgan fingerprint density at radius 2 is 1.90 bits per heavy atom. The zero-order valence-electron chi connectivity index (χ0n) is 12.6. The van der Waals surface area contributed by atoms with Gasteiger partial charge in [0.05, 0.1) is 12.0 Å². The van der Waals surface area contributed by atoms with E-state index < -0.39 is 5.97 Å². The van der Waals surface area contributed by atoms with Gasteiger partial charge < -0.3 is 15.7 Å². The molecule has 21 heavy (non-hydrogen) atoms. The van der Waals surface area contributed by atoms with Crippen LogP contribution in [0.2, 0.25) is 0 Å². The second kappa shape index (κ2) is 9.00. The van der Waals surface area contributed by atoms with Crippen molar-refractivity contribution in [1.29, 1.82) is 0 Å². The summed E-state index contributed by atoms with van der Waals surface area (Å²) in [6, 6.07) is 9.60. The Labute approximate surface area is 125 Å². The molecule has 2 atom stereocenters. The highest BCUT2D eigenvalue weighted by molar-refractivity contribution is 5.74. The lowest BCUT2D eigenvalue weighted by Crippen LogP contribution is -2.38. The minimum absolute atomic E-state index is 0.0101. The van der Waals surface area contributed by atoms with E-state index in [0.29, 0.717) is 19.4 Å². The molecule has 3 N–H and O–H groups in total. The number of carboxylic acid groups (broad SMARTS) is 1. The quantitative estimate of drug-likeness (QED) is 0.645. The van der Waals surface area contributed by atoms with Crippen molar-refractivity contribution in [3.05, 3.63) is 35.9 Å². The Balaban J connectivity index is 2.31. The van der Waals surface area contributed by atoms with Gasteiger partial charge in [0.25, 0.3) is 0 Å². The maximum atomic E-state index is 11.8. The van der Waals surface area contributed by atoms with Crippen molar-refractivity contribution in [3.8, 4) is 0 Å². The van der Waals surface area contributed by atoms with Gasteiger partial charge in [-0.15, -0.1) is 0 Å². The van der Waals surface area contributed by atoms with Gasteiger partial charge in [-0.3, -0.25) is 4.79 Å². The number of hydrogen-bond acceptors (Lipinski definition) is 2. The van der Waals surface area contributed by atoms with Gasteiger partial charge in [0.2, 0.25) is 0 Å². The summed E-state index contributed by atoms with van der Waals surface area (Å²) in [7, 11) is 0. The van der Waals surface area contributed by atoms with Gasteiger partial charge in [0.15, 0.2) is 0 Å². The van der Waals surface area contributed by atoms with Crippen LogP contribution in [0.5, 0.6) is 0 Å². The SMILES string of the molecule is CCC(NC(=O)NCCCC(C)C(=O)O)c1ccccc1. The van der Waals surface area contributed by atoms with Crippen LogP contribution in [0.4, 0.5) is 4.79 Å². The van der Waals surface area contributed by atoms with Gasteiger partial charge >= 0.3 is 12.0 Å². The third-order valence-corrected chi connectivity index (χ3v) is 3.44. The van der Waals surface area contributed by atoms with E-state index >= 15 is 0 Å². The Morgan fingerprint density at radius 1 is 1.24 bits per heavy atom. The van der Waals surface area contributed by atoms with E-state index in [4.69, 9.17) is 5.11 Å². The van der Waals surface area contributed by atoms with Crippen LogP contribution in [-0.2, 0) is 4.79 Å². The molecule has 116 valence electrons. The highest BCUT2D eigenvalue weighted by Gasteiger charge is 2.13. The third kappa shape index (κ3) is 6.29. The Bertz CT molecular complexity index is 448. The minimum Gasteiger partial charge on any atom is -0.481 e. The first-order valence-corrected chi connectivity index (χ1v) is 7.36. The molecule has 0 radical (unpaired) electrons. The van der Waals surface area contributed by atoms with Gasteiger partial charge in [0, 0.05) is 6.54 Å². The highest BCUT2D eigenvalue weighted by Crippen LogP contribution is 2.15. The molecule has 2 unspecified atom stereocenters. The van der Waals surface area contributed by atoms with Crippen molar-refractivity contribution in [2.24, 2.45) is 5.92 Å². The van der Waals surface area contributed by atoms with Gasteiger partial charge in [-0.1, -0.05) is 44.2 Å². The molecule has 0 saturated carbocycles. The number of carbonyl (C=O) groups excluding carboxylic acids is 1. The molecule has 5 nitrogen and oxygen atoms in total. The molecule has 0 heterocycles. The minimum atomic E-state index is -0.797. The largest absolute Gasteiger partial charge is 0.481 e. The molecule has 0 saturated heterocycles. The molecule has 0 aliphatic rings. The van der Waals surface area contributed by atoms with E-state index in [2.05, 4.69) is 10.6 Å². The van der Waals surface area contributed by atoms with E-state index in [1.54, 1.807) is 6.92 Å². The number of aliphatic carboxylic acids is 1. The van der Waals surface area contributed by atoms with Crippen LogP contribution in [0.1, 0.15) is 44.7 Å². The van der Waals surface area contributed by atoms with Crippen molar-refractivity contribution in [2.75, 3.05) is 6.54 Å². The van der Waals surface area contributed by atoms with Gasteiger partial charge in [-0.2, -0.15) is 0 Å². The predicted molar refractivity (Wildman–Crippen MR) is 82.0 cm³/mol. The molecule has 0 aliphatic heterocycles. The molecule has 1 aromatic carbocycles. The van der Waals surface area contributed by atoms with Crippen LogP contribution in [0.15, 0.2) is 30.3 Å². The third-order valence-electron chi connectivity index (χ3n) is 3.44. The number of hydrogen-bond donors (Lipinski definition) is 3. The molecular weight excluding hydrogens is 268 g/mol. The van der Waals surface area contributed by atoms with Crippen LogP contribution in [-0.4, -0.2) is 23.7 Å². The van der Waals surface area contributed by atoms with E-state index in [-0.39, 0.29) is 18.0 Å². The summed E-state index contributed by atoms with van der Waals surface area (Å²) in [6.07, 6.45) is 2.03. The number of carbonyl (C=O) groups is 2. The van der Waals surface area contributed by atoms with E-state index in [9.17, 15) is 9.59 Å². The average molecular weight is 292 g/mol. The predicted octanol–water partition coefficient (Wildman–Crippen LogP) is 2.94. The van der Waals surface area contributed by atoms with Crippen LogP contribution in [0.25, 0.3) is 0 Å². The Morgan fingerprint density at radius 3 is 2.48 bits per heavy atom. The monoisotopic (exact) mass is 292 g/mol. The number of carboxylic acids is 1. The van der Waals surface area contributed by atoms with Crippen molar-refractivity contribution in [1.82, 2.24) is 10.6 Å². The lowest BCUT2D eigenvalue weighted by atomic mass is 10.1.